The zero-order chi connectivity index (χ0) is 20.4. The summed E-state index contributed by atoms with van der Waals surface area (Å²) in [6.07, 6.45) is -0.147. The van der Waals surface area contributed by atoms with Gasteiger partial charge in [-0.1, -0.05) is 12.1 Å². The molecule has 0 fully saturated rings. The summed E-state index contributed by atoms with van der Waals surface area (Å²) in [4.78, 5) is 48.9. The summed E-state index contributed by atoms with van der Waals surface area (Å²) in [7, 11) is 0. The number of rotatable bonds is 5. The van der Waals surface area contributed by atoms with E-state index in [2.05, 4.69) is 10.6 Å². The number of thioether (sulfide) groups is 1. The first-order valence-electron chi connectivity index (χ1n) is 8.81. The highest BCUT2D eigenvalue weighted by Gasteiger charge is 2.29. The number of ketones is 1. The number of esters is 1. The number of nitrogens with one attached hydrogen (secondary N) is 2. The summed E-state index contributed by atoms with van der Waals surface area (Å²) in [5, 5.41) is 4.75. The Labute approximate surface area is 169 Å². The molecule has 0 radical (unpaired) electrons. The molecule has 0 spiro atoms. The average Bonchev–Trinajstić information content (AvgIpc) is 2.72. The van der Waals surface area contributed by atoms with Crippen molar-refractivity contribution in [3.05, 3.63) is 48.0 Å². The smallest absolute Gasteiger partial charge is 0.307 e. The number of carbonyl (C=O) groups is 4. The highest BCUT2D eigenvalue weighted by molar-refractivity contribution is 8.01. The molecule has 0 bridgehead atoms. The Morgan fingerprint density at radius 3 is 2.79 bits per heavy atom. The first-order valence-corrected chi connectivity index (χ1v) is 9.69. The van der Waals surface area contributed by atoms with Gasteiger partial charge in [-0.15, -0.1) is 11.8 Å². The van der Waals surface area contributed by atoms with Crippen LogP contribution in [-0.2, 0) is 19.1 Å². The quantitative estimate of drug-likeness (QED) is 0.572. The molecule has 2 N–H and O–H groups in total. The molecule has 2 aliphatic rings. The number of para-hydroxylation sites is 1. The minimum absolute atomic E-state index is 0.0743. The van der Waals surface area contributed by atoms with Crippen molar-refractivity contribution in [3.8, 4) is 5.75 Å². The van der Waals surface area contributed by atoms with Gasteiger partial charge in [-0.3, -0.25) is 19.2 Å². The molecule has 1 unspecified atom stereocenters. The Morgan fingerprint density at radius 1 is 1.10 bits per heavy atom. The number of ether oxygens (including phenoxy) is 2. The van der Waals surface area contributed by atoms with Crippen LogP contribution in [0.5, 0.6) is 5.75 Å². The summed E-state index contributed by atoms with van der Waals surface area (Å²) in [5.41, 5.74) is 1.39. The van der Waals surface area contributed by atoms with E-state index in [1.54, 1.807) is 12.1 Å². The number of Topliss-reactive ketones (excluding diaryl/α,β-unsaturated/α-hetero) is 1. The van der Waals surface area contributed by atoms with Crippen LogP contribution < -0.4 is 15.4 Å². The molecular formula is C20H16N2O6S. The number of hydrogen-bond acceptors (Lipinski definition) is 7. The van der Waals surface area contributed by atoms with Gasteiger partial charge in [-0.05, 0) is 30.3 Å². The van der Waals surface area contributed by atoms with Crippen LogP contribution in [-0.4, -0.2) is 42.0 Å². The fourth-order valence-electron chi connectivity index (χ4n) is 2.92. The predicted octanol–water partition coefficient (Wildman–Crippen LogP) is 2.25. The highest BCUT2D eigenvalue weighted by atomic mass is 32.2. The largest absolute Gasteiger partial charge is 0.482 e. The minimum atomic E-state index is -0.639. The summed E-state index contributed by atoms with van der Waals surface area (Å²) in [6, 6.07) is 11.9. The molecule has 2 heterocycles. The maximum Gasteiger partial charge on any atom is 0.307 e. The second kappa shape index (κ2) is 7.96. The highest BCUT2D eigenvalue weighted by Crippen LogP contribution is 2.36. The Morgan fingerprint density at radius 2 is 1.93 bits per heavy atom. The predicted molar refractivity (Wildman–Crippen MR) is 105 cm³/mol. The van der Waals surface area contributed by atoms with Crippen LogP contribution in [0.4, 0.5) is 11.4 Å². The van der Waals surface area contributed by atoms with Gasteiger partial charge >= 0.3 is 5.97 Å². The zero-order valence-electron chi connectivity index (χ0n) is 15.1. The lowest BCUT2D eigenvalue weighted by Crippen LogP contribution is -2.31. The number of fused-ring (bicyclic) bond motifs is 2. The maximum absolute atomic E-state index is 12.3. The fraction of sp³-hybridized carbons (Fsp3) is 0.200. The topological polar surface area (TPSA) is 111 Å². The summed E-state index contributed by atoms with van der Waals surface area (Å²) >= 11 is 1.29. The van der Waals surface area contributed by atoms with Crippen molar-refractivity contribution in [2.24, 2.45) is 0 Å². The van der Waals surface area contributed by atoms with Crippen molar-refractivity contribution in [3.63, 3.8) is 0 Å². The molecule has 2 aromatic carbocycles. The molecule has 9 heteroatoms. The molecule has 2 aromatic rings. The van der Waals surface area contributed by atoms with E-state index < -0.39 is 23.6 Å². The lowest BCUT2D eigenvalue weighted by atomic mass is 10.1. The lowest BCUT2D eigenvalue weighted by molar-refractivity contribution is -0.143. The third-order valence-corrected chi connectivity index (χ3v) is 5.63. The molecule has 0 aromatic heterocycles. The molecule has 2 aliphatic heterocycles. The van der Waals surface area contributed by atoms with Crippen LogP contribution in [0.25, 0.3) is 0 Å². The first-order chi connectivity index (χ1) is 14.0. The Hall–Kier alpha value is -3.33. The van der Waals surface area contributed by atoms with Gasteiger partial charge in [-0.25, -0.2) is 0 Å². The van der Waals surface area contributed by atoms with E-state index in [0.29, 0.717) is 17.1 Å². The Kier molecular flexibility index (Phi) is 5.22. The van der Waals surface area contributed by atoms with Gasteiger partial charge in [0.25, 0.3) is 5.91 Å². The van der Waals surface area contributed by atoms with Gasteiger partial charge in [0, 0.05) is 10.5 Å². The van der Waals surface area contributed by atoms with Crippen LogP contribution in [0.1, 0.15) is 16.8 Å². The fourth-order valence-corrected chi connectivity index (χ4v) is 4.02. The number of anilines is 2. The van der Waals surface area contributed by atoms with Crippen LogP contribution in [0.3, 0.4) is 0 Å². The van der Waals surface area contributed by atoms with Gasteiger partial charge in [0.1, 0.15) is 5.75 Å². The number of benzene rings is 2. The normalized spacial score (nSPS) is 17.2. The Bertz CT molecular complexity index is 1020. The molecule has 29 heavy (non-hydrogen) atoms. The Balaban J connectivity index is 1.33. The summed E-state index contributed by atoms with van der Waals surface area (Å²) < 4.78 is 10.3. The van der Waals surface area contributed by atoms with E-state index >= 15 is 0 Å². The molecule has 0 saturated carbocycles. The summed E-state index contributed by atoms with van der Waals surface area (Å²) in [5.74, 6) is -1.17. The van der Waals surface area contributed by atoms with E-state index in [9.17, 15) is 19.2 Å². The van der Waals surface area contributed by atoms with Gasteiger partial charge < -0.3 is 20.1 Å². The second-order valence-electron chi connectivity index (χ2n) is 6.43. The van der Waals surface area contributed by atoms with Gasteiger partial charge in [0.15, 0.2) is 19.0 Å². The van der Waals surface area contributed by atoms with E-state index in [4.69, 9.17) is 9.47 Å². The molecule has 4 rings (SSSR count). The number of hydrogen-bond donors (Lipinski definition) is 2. The summed E-state index contributed by atoms with van der Waals surface area (Å²) in [6.45, 7) is -0.531. The molecule has 0 aliphatic carbocycles. The second-order valence-corrected chi connectivity index (χ2v) is 7.67. The minimum Gasteiger partial charge on any atom is -0.482 e. The average molecular weight is 412 g/mol. The van der Waals surface area contributed by atoms with Gasteiger partial charge in [0.2, 0.25) is 5.91 Å². The van der Waals surface area contributed by atoms with Crippen molar-refractivity contribution < 1.29 is 28.7 Å². The van der Waals surface area contributed by atoms with Crippen LogP contribution in [0.15, 0.2) is 47.4 Å². The number of carbonyl (C=O) groups excluding carboxylic acids is 4. The molecule has 0 saturated heterocycles. The first kappa shape index (κ1) is 19.0. The van der Waals surface area contributed by atoms with E-state index in [1.807, 2.05) is 18.2 Å². The van der Waals surface area contributed by atoms with Crippen molar-refractivity contribution >= 4 is 46.7 Å². The third kappa shape index (κ3) is 4.24. The van der Waals surface area contributed by atoms with Crippen molar-refractivity contribution in [2.75, 3.05) is 23.8 Å². The number of amides is 2. The molecule has 148 valence electrons. The van der Waals surface area contributed by atoms with E-state index in [1.165, 1.54) is 23.9 Å². The van der Waals surface area contributed by atoms with Crippen LogP contribution in [0, 0.1) is 0 Å². The molecule has 1 atom stereocenters. The SMILES string of the molecule is O=C1COc2ccc(C(=O)COC(=O)CC3Sc4ccccc4NC3=O)cc2N1. The molecule has 8 nitrogen and oxygen atoms in total. The van der Waals surface area contributed by atoms with E-state index in [-0.39, 0.29) is 30.4 Å². The molecule has 2 amide bonds. The van der Waals surface area contributed by atoms with Crippen LogP contribution >= 0.6 is 11.8 Å². The molecular weight excluding hydrogens is 396 g/mol. The lowest BCUT2D eigenvalue weighted by Gasteiger charge is -2.23. The van der Waals surface area contributed by atoms with E-state index in [0.717, 1.165) is 4.90 Å². The maximum atomic E-state index is 12.3. The van der Waals surface area contributed by atoms with Gasteiger partial charge in [-0.2, -0.15) is 0 Å². The van der Waals surface area contributed by atoms with Crippen LogP contribution in [0.2, 0.25) is 0 Å². The van der Waals surface area contributed by atoms with Crippen molar-refractivity contribution in [1.82, 2.24) is 0 Å². The third-order valence-electron chi connectivity index (χ3n) is 4.36. The van der Waals surface area contributed by atoms with Crippen molar-refractivity contribution in [2.45, 2.75) is 16.6 Å². The van der Waals surface area contributed by atoms with Gasteiger partial charge in [0.05, 0.1) is 23.0 Å². The monoisotopic (exact) mass is 412 g/mol. The standard InChI is InChI=1S/C20H16N2O6S/c23-14(11-5-6-15-13(7-11)21-18(24)10-27-15)9-28-19(25)8-17-20(26)22-12-3-1-2-4-16(12)29-17/h1-7,17H,8-10H2,(H,21,24)(H,22,26). The zero-order valence-corrected chi connectivity index (χ0v) is 15.9. The van der Waals surface area contributed by atoms with Crippen molar-refractivity contribution in [1.29, 1.82) is 0 Å².